The average Bonchev–Trinajstić information content (AvgIpc) is 2.33. The van der Waals surface area contributed by atoms with Gasteiger partial charge in [0.15, 0.2) is 0 Å². The van der Waals surface area contributed by atoms with Gasteiger partial charge >= 0.3 is 8.80 Å². The lowest BCUT2D eigenvalue weighted by molar-refractivity contribution is -0.126. The van der Waals surface area contributed by atoms with Crippen molar-refractivity contribution in [2.45, 2.75) is 45.6 Å². The summed E-state index contributed by atoms with van der Waals surface area (Å²) in [5, 5.41) is 2.79. The SMILES string of the molecule is CC1=CCC(C(C)C(=O)NCCC[Si](O)(O)O)CC1. The number of amides is 1. The van der Waals surface area contributed by atoms with Crippen LogP contribution in [-0.4, -0.2) is 35.6 Å². The van der Waals surface area contributed by atoms with Gasteiger partial charge in [0.2, 0.25) is 5.91 Å². The maximum atomic E-state index is 11.9. The van der Waals surface area contributed by atoms with Gasteiger partial charge in [-0.1, -0.05) is 18.6 Å². The van der Waals surface area contributed by atoms with Gasteiger partial charge in [-0.05, 0) is 38.5 Å². The van der Waals surface area contributed by atoms with Crippen LogP contribution in [-0.2, 0) is 4.79 Å². The van der Waals surface area contributed by atoms with Crippen molar-refractivity contribution in [3.8, 4) is 0 Å². The molecule has 0 aliphatic heterocycles. The van der Waals surface area contributed by atoms with E-state index in [0.29, 0.717) is 18.9 Å². The Kier molecular flexibility index (Phi) is 6.19. The van der Waals surface area contributed by atoms with Crippen LogP contribution in [0.4, 0.5) is 0 Å². The summed E-state index contributed by atoms with van der Waals surface area (Å²) in [6, 6.07) is -0.0347. The second-order valence-electron chi connectivity index (χ2n) is 5.54. The van der Waals surface area contributed by atoms with Crippen LogP contribution in [0.2, 0.25) is 6.04 Å². The molecule has 0 aromatic carbocycles. The molecule has 0 saturated carbocycles. The Hall–Kier alpha value is -0.693. The number of hydrogen-bond donors (Lipinski definition) is 4. The molecule has 0 heterocycles. The fourth-order valence-electron chi connectivity index (χ4n) is 2.35. The summed E-state index contributed by atoms with van der Waals surface area (Å²) in [4.78, 5) is 38.5. The Balaban J connectivity index is 2.26. The van der Waals surface area contributed by atoms with Crippen molar-refractivity contribution in [1.82, 2.24) is 5.32 Å². The second kappa shape index (κ2) is 7.19. The van der Waals surface area contributed by atoms with Crippen LogP contribution in [0.1, 0.15) is 39.5 Å². The zero-order valence-corrected chi connectivity index (χ0v) is 12.7. The molecule has 1 aliphatic carbocycles. The van der Waals surface area contributed by atoms with E-state index in [9.17, 15) is 4.79 Å². The minimum Gasteiger partial charge on any atom is -0.390 e. The van der Waals surface area contributed by atoms with Crippen molar-refractivity contribution >= 4 is 14.7 Å². The molecule has 19 heavy (non-hydrogen) atoms. The van der Waals surface area contributed by atoms with Crippen molar-refractivity contribution in [1.29, 1.82) is 0 Å². The number of allylic oxidation sites excluding steroid dienone is 2. The fourth-order valence-corrected chi connectivity index (χ4v) is 3.00. The van der Waals surface area contributed by atoms with Crippen molar-refractivity contribution in [3.63, 3.8) is 0 Å². The molecule has 5 nitrogen and oxygen atoms in total. The molecule has 0 aromatic heterocycles. The Morgan fingerprint density at radius 1 is 1.53 bits per heavy atom. The van der Waals surface area contributed by atoms with E-state index < -0.39 is 8.80 Å². The zero-order chi connectivity index (χ0) is 14.5. The number of hydrogen-bond acceptors (Lipinski definition) is 4. The molecule has 0 radical (unpaired) electrons. The topological polar surface area (TPSA) is 89.8 Å². The first-order valence-electron chi connectivity index (χ1n) is 6.90. The smallest absolute Gasteiger partial charge is 0.390 e. The van der Waals surface area contributed by atoms with Crippen molar-refractivity contribution in [3.05, 3.63) is 11.6 Å². The van der Waals surface area contributed by atoms with Gasteiger partial charge in [-0.25, -0.2) is 0 Å². The van der Waals surface area contributed by atoms with E-state index in [0.717, 1.165) is 19.3 Å². The Labute approximate surface area is 115 Å². The summed E-state index contributed by atoms with van der Waals surface area (Å²) < 4.78 is 0. The highest BCUT2D eigenvalue weighted by atomic mass is 28.4. The third kappa shape index (κ3) is 6.33. The van der Waals surface area contributed by atoms with Gasteiger partial charge in [0.25, 0.3) is 0 Å². The van der Waals surface area contributed by atoms with Crippen LogP contribution >= 0.6 is 0 Å². The Morgan fingerprint density at radius 3 is 2.74 bits per heavy atom. The Bertz CT molecular complexity index is 338. The maximum absolute atomic E-state index is 11.9. The zero-order valence-electron chi connectivity index (χ0n) is 11.7. The number of nitrogens with one attached hydrogen (secondary N) is 1. The molecule has 1 rings (SSSR count). The maximum Gasteiger partial charge on any atom is 0.492 e. The minimum atomic E-state index is -3.96. The average molecular weight is 287 g/mol. The largest absolute Gasteiger partial charge is 0.492 e. The first-order chi connectivity index (χ1) is 8.79. The van der Waals surface area contributed by atoms with Crippen molar-refractivity contribution in [2.24, 2.45) is 11.8 Å². The third-order valence-electron chi connectivity index (χ3n) is 3.79. The second-order valence-corrected chi connectivity index (χ2v) is 7.59. The van der Waals surface area contributed by atoms with E-state index in [-0.39, 0.29) is 17.9 Å². The standard InChI is InChI=1S/C13H25NO4Si/c1-10-4-6-12(7-5-10)11(2)13(15)14-8-3-9-19(16,17)18/h4,11-12,16-18H,3,5-9H2,1-2H3,(H,14,15). The molecule has 0 spiro atoms. The van der Waals surface area contributed by atoms with Gasteiger partial charge < -0.3 is 19.7 Å². The quantitative estimate of drug-likeness (QED) is 0.330. The summed E-state index contributed by atoms with van der Waals surface area (Å²) in [5.41, 5.74) is 1.40. The van der Waals surface area contributed by atoms with Crippen LogP contribution in [0.5, 0.6) is 0 Å². The van der Waals surface area contributed by atoms with Gasteiger partial charge in [0.1, 0.15) is 0 Å². The van der Waals surface area contributed by atoms with E-state index >= 15 is 0 Å². The van der Waals surface area contributed by atoms with Crippen LogP contribution in [0.25, 0.3) is 0 Å². The number of rotatable bonds is 6. The highest BCUT2D eigenvalue weighted by molar-refractivity contribution is 6.56. The molecule has 0 saturated heterocycles. The molecule has 4 N–H and O–H groups in total. The summed E-state index contributed by atoms with van der Waals surface area (Å²) in [6.07, 6.45) is 5.67. The van der Waals surface area contributed by atoms with E-state index in [2.05, 4.69) is 18.3 Å². The first kappa shape index (κ1) is 16.4. The molecular weight excluding hydrogens is 262 g/mol. The summed E-state index contributed by atoms with van der Waals surface area (Å²) in [5.74, 6) is 0.383. The molecule has 6 heteroatoms. The van der Waals surface area contributed by atoms with Crippen molar-refractivity contribution < 1.29 is 19.2 Å². The van der Waals surface area contributed by atoms with Crippen LogP contribution < -0.4 is 5.32 Å². The fraction of sp³-hybridized carbons (Fsp3) is 0.769. The van der Waals surface area contributed by atoms with Crippen LogP contribution in [0.15, 0.2) is 11.6 Å². The molecule has 0 bridgehead atoms. The van der Waals surface area contributed by atoms with Gasteiger partial charge in [0.05, 0.1) is 0 Å². The predicted molar refractivity (Wildman–Crippen MR) is 75.1 cm³/mol. The molecular formula is C13H25NO4Si. The van der Waals surface area contributed by atoms with E-state index in [4.69, 9.17) is 14.4 Å². The van der Waals surface area contributed by atoms with E-state index in [1.165, 1.54) is 5.57 Å². The van der Waals surface area contributed by atoms with Crippen LogP contribution in [0, 0.1) is 11.8 Å². The summed E-state index contributed by atoms with van der Waals surface area (Å²) in [7, 11) is -3.96. The predicted octanol–water partition coefficient (Wildman–Crippen LogP) is 0.791. The highest BCUT2D eigenvalue weighted by Crippen LogP contribution is 2.29. The number of carbonyl (C=O) groups is 1. The van der Waals surface area contributed by atoms with Crippen molar-refractivity contribution in [2.75, 3.05) is 6.54 Å². The molecule has 2 unspecified atom stereocenters. The third-order valence-corrected chi connectivity index (χ3v) is 4.81. The first-order valence-corrected chi connectivity index (χ1v) is 8.95. The minimum absolute atomic E-state index is 0.0130. The van der Waals surface area contributed by atoms with Gasteiger partial charge in [-0.15, -0.1) is 0 Å². The lowest BCUT2D eigenvalue weighted by Gasteiger charge is -2.25. The van der Waals surface area contributed by atoms with E-state index in [1.54, 1.807) is 0 Å². The molecule has 110 valence electrons. The Morgan fingerprint density at radius 2 is 2.21 bits per heavy atom. The molecule has 1 aliphatic rings. The van der Waals surface area contributed by atoms with Gasteiger partial charge in [-0.2, -0.15) is 0 Å². The molecule has 0 aromatic rings. The monoisotopic (exact) mass is 287 g/mol. The summed E-state index contributed by atoms with van der Waals surface area (Å²) >= 11 is 0. The van der Waals surface area contributed by atoms with Gasteiger partial charge in [-0.3, -0.25) is 4.79 Å². The summed E-state index contributed by atoms with van der Waals surface area (Å²) in [6.45, 7) is 4.44. The van der Waals surface area contributed by atoms with Crippen LogP contribution in [0.3, 0.4) is 0 Å². The lowest BCUT2D eigenvalue weighted by atomic mass is 9.81. The highest BCUT2D eigenvalue weighted by Gasteiger charge is 2.27. The lowest BCUT2D eigenvalue weighted by Crippen LogP contribution is -2.37. The number of carbonyl (C=O) groups excluding carboxylic acids is 1. The normalized spacial score (nSPS) is 21.7. The van der Waals surface area contributed by atoms with E-state index in [1.807, 2.05) is 6.92 Å². The molecule has 0 fully saturated rings. The van der Waals surface area contributed by atoms with Gasteiger partial charge in [0, 0.05) is 18.5 Å². The molecule has 2 atom stereocenters. The molecule has 1 amide bonds.